The molecule has 2 aliphatic rings. The van der Waals surface area contributed by atoms with Crippen molar-refractivity contribution in [2.45, 2.75) is 37.3 Å². The molecule has 1 amide bonds. The van der Waals surface area contributed by atoms with E-state index in [1.165, 1.54) is 14.2 Å². The molecule has 11 heteroatoms. The van der Waals surface area contributed by atoms with Crippen molar-refractivity contribution in [3.8, 4) is 0 Å². The van der Waals surface area contributed by atoms with Gasteiger partial charge in [-0.2, -0.15) is 0 Å². The number of ether oxygens (including phenoxy) is 3. The fourth-order valence-corrected chi connectivity index (χ4v) is 5.84. The van der Waals surface area contributed by atoms with Crippen molar-refractivity contribution in [1.29, 1.82) is 0 Å². The van der Waals surface area contributed by atoms with Crippen LogP contribution in [0.2, 0.25) is 0 Å². The lowest BCUT2D eigenvalue weighted by atomic mass is 10.1. The van der Waals surface area contributed by atoms with Crippen LogP contribution in [0.4, 0.5) is 5.00 Å². The van der Waals surface area contributed by atoms with Crippen LogP contribution in [0.25, 0.3) is 0 Å². The summed E-state index contributed by atoms with van der Waals surface area (Å²) >= 11 is 2.40. The number of carbonyl (C=O) groups is 4. The Balaban J connectivity index is 1.82. The van der Waals surface area contributed by atoms with E-state index in [4.69, 9.17) is 19.9 Å². The monoisotopic (exact) mass is 428 g/mol. The summed E-state index contributed by atoms with van der Waals surface area (Å²) in [5.74, 6) is -1.69. The zero-order chi connectivity index (χ0) is 20.6. The Hall–Kier alpha value is -2.27. The van der Waals surface area contributed by atoms with Crippen molar-refractivity contribution < 1.29 is 33.4 Å². The highest BCUT2D eigenvalue weighted by Crippen LogP contribution is 2.47. The van der Waals surface area contributed by atoms with Crippen LogP contribution in [0.1, 0.15) is 45.4 Å². The Labute approximate surface area is 169 Å². The quantitative estimate of drug-likeness (QED) is 0.547. The van der Waals surface area contributed by atoms with E-state index in [2.05, 4.69) is 0 Å². The number of fused-ring (bicyclic) bond motifs is 1. The van der Waals surface area contributed by atoms with Crippen molar-refractivity contribution >= 4 is 51.9 Å². The van der Waals surface area contributed by atoms with Gasteiger partial charge < -0.3 is 24.8 Å². The molecule has 9 nitrogen and oxygen atoms in total. The molecule has 1 aromatic heterocycles. The van der Waals surface area contributed by atoms with Crippen LogP contribution in [0.3, 0.4) is 0 Å². The van der Waals surface area contributed by atoms with Gasteiger partial charge in [0, 0.05) is 17.7 Å². The summed E-state index contributed by atoms with van der Waals surface area (Å²) in [6.07, 6.45) is 1.08. The summed E-state index contributed by atoms with van der Waals surface area (Å²) in [4.78, 5) is 50.2. The fourth-order valence-electron chi connectivity index (χ4n) is 3.44. The Kier molecular flexibility index (Phi) is 5.57. The first-order valence-electron chi connectivity index (χ1n) is 8.44. The minimum atomic E-state index is -0.742. The molecule has 1 aromatic rings. The molecule has 2 fully saturated rings. The molecule has 0 aliphatic carbocycles. The summed E-state index contributed by atoms with van der Waals surface area (Å²) in [5.41, 5.74) is 5.97. The maximum absolute atomic E-state index is 12.7. The molecule has 0 saturated carbocycles. The normalized spacial score (nSPS) is 23.5. The highest BCUT2D eigenvalue weighted by Gasteiger charge is 2.53. The third-order valence-electron chi connectivity index (χ3n) is 4.87. The SMILES string of the molecule is COC(=O)c1sc(N)c(C(=O)OC)c1COC(=O)C1CSC2(C)CCC(=O)N12. The Bertz CT molecular complexity index is 853. The second-order valence-corrected chi connectivity index (χ2v) is 9.06. The zero-order valence-electron chi connectivity index (χ0n) is 15.6. The number of carbonyl (C=O) groups excluding carboxylic acids is 4. The van der Waals surface area contributed by atoms with E-state index in [-0.39, 0.29) is 33.5 Å². The Morgan fingerprint density at radius 1 is 1.25 bits per heavy atom. The first-order valence-corrected chi connectivity index (χ1v) is 10.2. The summed E-state index contributed by atoms with van der Waals surface area (Å²) < 4.78 is 14.8. The maximum atomic E-state index is 12.7. The molecule has 3 heterocycles. The van der Waals surface area contributed by atoms with E-state index in [0.717, 1.165) is 11.3 Å². The number of anilines is 1. The van der Waals surface area contributed by atoms with Gasteiger partial charge >= 0.3 is 17.9 Å². The molecule has 0 spiro atoms. The number of rotatable bonds is 5. The number of thioether (sulfide) groups is 1. The molecule has 2 unspecified atom stereocenters. The van der Waals surface area contributed by atoms with Crippen LogP contribution in [0, 0.1) is 0 Å². The number of amides is 1. The van der Waals surface area contributed by atoms with E-state index in [0.29, 0.717) is 18.6 Å². The molecular weight excluding hydrogens is 408 g/mol. The van der Waals surface area contributed by atoms with Crippen molar-refractivity contribution in [2.75, 3.05) is 25.7 Å². The lowest BCUT2D eigenvalue weighted by Gasteiger charge is -2.29. The summed E-state index contributed by atoms with van der Waals surface area (Å²) in [7, 11) is 2.38. The van der Waals surface area contributed by atoms with Gasteiger partial charge in [-0.3, -0.25) is 4.79 Å². The molecule has 28 heavy (non-hydrogen) atoms. The molecule has 0 radical (unpaired) electrons. The molecule has 2 atom stereocenters. The standard InChI is InChI=1S/C17H20N2O7S2/c1-17-5-4-10(20)19(17)9(7-27-17)14(21)26-6-8-11(15(22)24-2)13(18)28-12(8)16(23)25-3/h9H,4-7,18H2,1-3H3. The van der Waals surface area contributed by atoms with Gasteiger partial charge in [0.2, 0.25) is 5.91 Å². The predicted molar refractivity (Wildman–Crippen MR) is 102 cm³/mol. The van der Waals surface area contributed by atoms with Crippen LogP contribution < -0.4 is 5.73 Å². The van der Waals surface area contributed by atoms with Crippen LogP contribution in [0.5, 0.6) is 0 Å². The number of esters is 3. The van der Waals surface area contributed by atoms with Gasteiger partial charge in [-0.15, -0.1) is 23.1 Å². The third kappa shape index (κ3) is 3.32. The van der Waals surface area contributed by atoms with Gasteiger partial charge in [0.05, 0.1) is 19.1 Å². The first-order chi connectivity index (χ1) is 13.2. The van der Waals surface area contributed by atoms with E-state index in [9.17, 15) is 19.2 Å². The molecule has 2 N–H and O–H groups in total. The van der Waals surface area contributed by atoms with Gasteiger partial charge in [0.25, 0.3) is 0 Å². The lowest BCUT2D eigenvalue weighted by Crippen LogP contribution is -2.46. The van der Waals surface area contributed by atoms with E-state index in [1.807, 2.05) is 6.92 Å². The van der Waals surface area contributed by atoms with E-state index in [1.54, 1.807) is 16.7 Å². The summed E-state index contributed by atoms with van der Waals surface area (Å²) in [6, 6.07) is -0.705. The molecule has 2 aliphatic heterocycles. The Morgan fingerprint density at radius 2 is 1.93 bits per heavy atom. The number of hydrogen-bond acceptors (Lipinski definition) is 10. The van der Waals surface area contributed by atoms with E-state index < -0.39 is 28.8 Å². The van der Waals surface area contributed by atoms with Gasteiger partial charge in [0.15, 0.2) is 0 Å². The average Bonchev–Trinajstić information content (AvgIpc) is 3.29. The summed E-state index contributed by atoms with van der Waals surface area (Å²) in [5, 5.41) is 0.0667. The highest BCUT2D eigenvalue weighted by molar-refractivity contribution is 8.01. The van der Waals surface area contributed by atoms with Crippen LogP contribution in [0.15, 0.2) is 0 Å². The minimum absolute atomic E-state index is 0.0245. The van der Waals surface area contributed by atoms with Crippen molar-refractivity contribution in [3.05, 3.63) is 16.0 Å². The van der Waals surface area contributed by atoms with Crippen molar-refractivity contribution in [3.63, 3.8) is 0 Å². The molecule has 0 bridgehead atoms. The second kappa shape index (κ2) is 7.63. The minimum Gasteiger partial charge on any atom is -0.465 e. The largest absolute Gasteiger partial charge is 0.465 e. The number of methoxy groups -OCH3 is 2. The van der Waals surface area contributed by atoms with Crippen molar-refractivity contribution in [2.24, 2.45) is 0 Å². The van der Waals surface area contributed by atoms with E-state index >= 15 is 0 Å². The van der Waals surface area contributed by atoms with Gasteiger partial charge in [-0.1, -0.05) is 0 Å². The number of thiophene rings is 1. The molecule has 2 saturated heterocycles. The number of nitrogens with two attached hydrogens (primary N) is 1. The molecule has 3 rings (SSSR count). The number of nitrogens with zero attached hydrogens (tertiary/aromatic N) is 1. The first kappa shape index (κ1) is 20.5. The second-order valence-electron chi connectivity index (χ2n) is 6.51. The predicted octanol–water partition coefficient (Wildman–Crippen LogP) is 1.40. The molecule has 0 aromatic carbocycles. The van der Waals surface area contributed by atoms with Gasteiger partial charge in [0.1, 0.15) is 28.1 Å². The third-order valence-corrected chi connectivity index (χ3v) is 7.42. The zero-order valence-corrected chi connectivity index (χ0v) is 17.2. The topological polar surface area (TPSA) is 125 Å². The number of nitrogen functional groups attached to an aromatic ring is 1. The van der Waals surface area contributed by atoms with Crippen LogP contribution in [-0.4, -0.2) is 59.6 Å². The average molecular weight is 428 g/mol. The smallest absolute Gasteiger partial charge is 0.348 e. The van der Waals surface area contributed by atoms with Gasteiger partial charge in [-0.25, -0.2) is 14.4 Å². The van der Waals surface area contributed by atoms with Crippen LogP contribution in [-0.2, 0) is 30.4 Å². The molecule has 152 valence electrons. The lowest BCUT2D eigenvalue weighted by molar-refractivity contribution is -0.154. The summed E-state index contributed by atoms with van der Waals surface area (Å²) in [6.45, 7) is 1.57. The van der Waals surface area contributed by atoms with Gasteiger partial charge in [-0.05, 0) is 13.3 Å². The molecular formula is C17H20N2O7S2. The fraction of sp³-hybridized carbons (Fsp3) is 0.529. The Morgan fingerprint density at radius 3 is 2.57 bits per heavy atom. The van der Waals surface area contributed by atoms with Crippen LogP contribution >= 0.6 is 23.1 Å². The highest BCUT2D eigenvalue weighted by atomic mass is 32.2. The number of hydrogen-bond donors (Lipinski definition) is 1. The van der Waals surface area contributed by atoms with Crippen molar-refractivity contribution in [1.82, 2.24) is 4.90 Å². The maximum Gasteiger partial charge on any atom is 0.348 e.